The van der Waals surface area contributed by atoms with Gasteiger partial charge in [-0.25, -0.2) is 0 Å². The quantitative estimate of drug-likeness (QED) is 0.776. The number of phenolic OH excluding ortho intramolecular Hbond substituents is 1. The van der Waals surface area contributed by atoms with Gasteiger partial charge in [-0.3, -0.25) is 4.79 Å². The Kier molecular flexibility index (Phi) is 4.66. The van der Waals surface area contributed by atoms with Crippen LogP contribution < -0.4 is 5.32 Å². The van der Waals surface area contributed by atoms with Crippen molar-refractivity contribution < 1.29 is 9.90 Å². The fourth-order valence-corrected chi connectivity index (χ4v) is 2.64. The Bertz CT molecular complexity index is 665. The zero-order valence-electron chi connectivity index (χ0n) is 9.75. The molecular weight excluding hydrogens is 344 g/mol. The number of benzene rings is 2. The predicted octanol–water partition coefficient (Wildman–Crippen LogP) is 5.26. The average Bonchev–Trinajstić information content (AvgIpc) is 2.36. The summed E-state index contributed by atoms with van der Waals surface area (Å²) in [5.41, 5.74) is 0.330. The summed E-state index contributed by atoms with van der Waals surface area (Å²) >= 11 is 23.6. The first-order valence-corrected chi connectivity index (χ1v) is 6.84. The van der Waals surface area contributed by atoms with Crippen molar-refractivity contribution in [3.63, 3.8) is 0 Å². The van der Waals surface area contributed by atoms with Gasteiger partial charge < -0.3 is 10.4 Å². The largest absolute Gasteiger partial charge is 0.508 e. The first kappa shape index (κ1) is 15.3. The molecule has 1 amide bonds. The molecule has 0 heterocycles. The average molecular weight is 351 g/mol. The fourth-order valence-electron chi connectivity index (χ4n) is 1.53. The smallest absolute Gasteiger partial charge is 0.257 e. The topological polar surface area (TPSA) is 49.3 Å². The molecule has 0 aliphatic heterocycles. The van der Waals surface area contributed by atoms with Crippen LogP contribution in [0.2, 0.25) is 20.1 Å². The molecule has 7 heteroatoms. The highest BCUT2D eigenvalue weighted by atomic mass is 35.5. The molecule has 0 saturated carbocycles. The summed E-state index contributed by atoms with van der Waals surface area (Å²) in [4.78, 5) is 12.1. The Morgan fingerprint density at radius 1 is 0.950 bits per heavy atom. The third-order valence-electron chi connectivity index (χ3n) is 2.44. The van der Waals surface area contributed by atoms with Gasteiger partial charge in [0.1, 0.15) is 5.75 Å². The van der Waals surface area contributed by atoms with Gasteiger partial charge in [-0.2, -0.15) is 0 Å². The van der Waals surface area contributed by atoms with Crippen molar-refractivity contribution in [3.8, 4) is 5.75 Å². The minimum atomic E-state index is -0.544. The summed E-state index contributed by atoms with van der Waals surface area (Å²) in [5.74, 6) is -0.620. The Balaban J connectivity index is 2.35. The molecule has 2 rings (SSSR count). The molecule has 0 aromatic heterocycles. The monoisotopic (exact) mass is 349 g/mol. The fraction of sp³-hybridized carbons (Fsp3) is 0. The first-order valence-electron chi connectivity index (χ1n) is 5.33. The SMILES string of the molecule is O=C(Nc1c(Cl)cc(Cl)cc1Cl)c1cc(O)ccc1Cl. The van der Waals surface area contributed by atoms with Crippen LogP contribution in [-0.2, 0) is 0 Å². The highest BCUT2D eigenvalue weighted by Crippen LogP contribution is 2.34. The summed E-state index contributed by atoms with van der Waals surface area (Å²) in [6.45, 7) is 0. The maximum atomic E-state index is 12.1. The maximum Gasteiger partial charge on any atom is 0.257 e. The minimum Gasteiger partial charge on any atom is -0.508 e. The normalized spacial score (nSPS) is 10.4. The van der Waals surface area contributed by atoms with Gasteiger partial charge in [0.2, 0.25) is 0 Å². The van der Waals surface area contributed by atoms with E-state index in [0.29, 0.717) is 5.02 Å². The molecule has 0 spiro atoms. The highest BCUT2D eigenvalue weighted by molar-refractivity contribution is 6.42. The molecule has 0 bridgehead atoms. The van der Waals surface area contributed by atoms with E-state index in [1.807, 2.05) is 0 Å². The predicted molar refractivity (Wildman–Crippen MR) is 82.5 cm³/mol. The summed E-state index contributed by atoms with van der Waals surface area (Å²) in [5, 5.41) is 12.9. The van der Waals surface area contributed by atoms with Crippen molar-refractivity contribution in [1.29, 1.82) is 0 Å². The van der Waals surface area contributed by atoms with E-state index in [1.165, 1.54) is 30.3 Å². The Morgan fingerprint density at radius 2 is 1.55 bits per heavy atom. The Labute approximate surface area is 135 Å². The maximum absolute atomic E-state index is 12.1. The zero-order chi connectivity index (χ0) is 14.9. The number of aromatic hydroxyl groups is 1. The van der Waals surface area contributed by atoms with E-state index in [1.54, 1.807) is 0 Å². The third-order valence-corrected chi connectivity index (χ3v) is 3.58. The Morgan fingerprint density at radius 3 is 2.15 bits per heavy atom. The van der Waals surface area contributed by atoms with Gasteiger partial charge in [0, 0.05) is 5.02 Å². The lowest BCUT2D eigenvalue weighted by Crippen LogP contribution is -2.13. The van der Waals surface area contributed by atoms with E-state index in [0.717, 1.165) is 0 Å². The summed E-state index contributed by atoms with van der Waals surface area (Å²) < 4.78 is 0. The molecule has 104 valence electrons. The Hall–Kier alpha value is -1.13. The molecule has 2 aromatic rings. The number of anilines is 1. The van der Waals surface area contributed by atoms with Crippen molar-refractivity contribution in [2.45, 2.75) is 0 Å². The van der Waals surface area contributed by atoms with Crippen molar-refractivity contribution in [2.24, 2.45) is 0 Å². The number of amides is 1. The van der Waals surface area contributed by atoms with E-state index in [9.17, 15) is 9.90 Å². The molecule has 0 saturated heterocycles. The van der Waals surface area contributed by atoms with Crippen LogP contribution in [0.15, 0.2) is 30.3 Å². The number of carbonyl (C=O) groups is 1. The molecule has 0 aliphatic rings. The van der Waals surface area contributed by atoms with Crippen LogP contribution in [0, 0.1) is 0 Å². The number of carbonyl (C=O) groups excluding carboxylic acids is 1. The lowest BCUT2D eigenvalue weighted by Gasteiger charge is -2.11. The second-order valence-electron chi connectivity index (χ2n) is 3.86. The number of rotatable bonds is 2. The summed E-state index contributed by atoms with van der Waals surface area (Å²) in [6, 6.07) is 6.94. The molecule has 0 fully saturated rings. The van der Waals surface area contributed by atoms with Gasteiger partial charge >= 0.3 is 0 Å². The van der Waals surface area contributed by atoms with E-state index >= 15 is 0 Å². The number of hydrogen-bond acceptors (Lipinski definition) is 2. The molecule has 0 atom stereocenters. The number of halogens is 4. The van der Waals surface area contributed by atoms with Crippen LogP contribution in [0.4, 0.5) is 5.69 Å². The zero-order valence-corrected chi connectivity index (χ0v) is 12.8. The van der Waals surface area contributed by atoms with Gasteiger partial charge in [0.15, 0.2) is 0 Å². The van der Waals surface area contributed by atoms with E-state index in [4.69, 9.17) is 46.4 Å². The van der Waals surface area contributed by atoms with Crippen molar-refractivity contribution in [2.75, 3.05) is 5.32 Å². The van der Waals surface area contributed by atoms with Crippen LogP contribution in [0.5, 0.6) is 5.75 Å². The molecule has 3 nitrogen and oxygen atoms in total. The van der Waals surface area contributed by atoms with Gasteiger partial charge in [0.05, 0.1) is 26.3 Å². The molecule has 20 heavy (non-hydrogen) atoms. The lowest BCUT2D eigenvalue weighted by molar-refractivity contribution is 0.102. The van der Waals surface area contributed by atoms with E-state index in [-0.39, 0.29) is 32.1 Å². The lowest BCUT2D eigenvalue weighted by atomic mass is 10.2. The van der Waals surface area contributed by atoms with Crippen molar-refractivity contribution >= 4 is 58.0 Å². The molecule has 2 N–H and O–H groups in total. The molecular formula is C13H7Cl4NO2. The van der Waals surface area contributed by atoms with Crippen LogP contribution in [0.25, 0.3) is 0 Å². The molecule has 2 aromatic carbocycles. The van der Waals surface area contributed by atoms with Gasteiger partial charge in [0.25, 0.3) is 5.91 Å². The first-order chi connectivity index (χ1) is 9.38. The second kappa shape index (κ2) is 6.10. The number of phenols is 1. The molecule has 0 aliphatic carbocycles. The summed E-state index contributed by atoms with van der Waals surface area (Å²) in [6.07, 6.45) is 0. The van der Waals surface area contributed by atoms with Gasteiger partial charge in [-0.15, -0.1) is 0 Å². The van der Waals surface area contributed by atoms with Crippen molar-refractivity contribution in [1.82, 2.24) is 0 Å². The third kappa shape index (κ3) is 3.30. The van der Waals surface area contributed by atoms with Crippen molar-refractivity contribution in [3.05, 3.63) is 56.0 Å². The molecule has 0 radical (unpaired) electrons. The highest BCUT2D eigenvalue weighted by Gasteiger charge is 2.15. The van der Waals surface area contributed by atoms with Crippen LogP contribution >= 0.6 is 46.4 Å². The molecule has 0 unspecified atom stereocenters. The van der Waals surface area contributed by atoms with Crippen LogP contribution in [0.1, 0.15) is 10.4 Å². The van der Waals surface area contributed by atoms with E-state index in [2.05, 4.69) is 5.32 Å². The minimum absolute atomic E-state index is 0.0761. The summed E-state index contributed by atoms with van der Waals surface area (Å²) in [7, 11) is 0. The van der Waals surface area contributed by atoms with E-state index < -0.39 is 5.91 Å². The number of hydrogen-bond donors (Lipinski definition) is 2. The number of nitrogens with one attached hydrogen (secondary N) is 1. The van der Waals surface area contributed by atoms with Gasteiger partial charge in [-0.1, -0.05) is 46.4 Å². The van der Waals surface area contributed by atoms with Gasteiger partial charge in [-0.05, 0) is 30.3 Å². The second-order valence-corrected chi connectivity index (χ2v) is 5.52. The van der Waals surface area contributed by atoms with Crippen LogP contribution in [-0.4, -0.2) is 11.0 Å². The standard InChI is InChI=1S/C13H7Cl4NO2/c14-6-3-10(16)12(11(17)4-6)18-13(20)8-5-7(19)1-2-9(8)15/h1-5,19H,(H,18,20). The van der Waals surface area contributed by atoms with Crippen LogP contribution in [0.3, 0.4) is 0 Å².